The van der Waals surface area contributed by atoms with E-state index in [2.05, 4.69) is 10.6 Å². The number of Topliss-reactive ketones (excluding diaryl/α,β-unsaturated/α-hetero) is 1. The molecule has 5 nitrogen and oxygen atoms in total. The molecular formula is C18H16N2O3S. The van der Waals surface area contributed by atoms with Gasteiger partial charge in [-0.1, -0.05) is 36.4 Å². The van der Waals surface area contributed by atoms with E-state index >= 15 is 0 Å². The summed E-state index contributed by atoms with van der Waals surface area (Å²) in [5, 5.41) is 25.8. The van der Waals surface area contributed by atoms with E-state index in [1.165, 1.54) is 19.1 Å². The van der Waals surface area contributed by atoms with Gasteiger partial charge in [0.15, 0.2) is 22.4 Å². The number of nitrogens with one attached hydrogen (secondary N) is 2. The SMILES string of the molecule is CC(=O)C1=C(c2ccccc2)NC(=S)N[C@@H]1c1ccc(O)c(O)c1. The molecule has 0 fully saturated rings. The Hall–Kier alpha value is -2.86. The number of rotatable bonds is 3. The lowest BCUT2D eigenvalue weighted by Crippen LogP contribution is -2.44. The van der Waals surface area contributed by atoms with E-state index in [9.17, 15) is 15.0 Å². The van der Waals surface area contributed by atoms with Gasteiger partial charge in [0.25, 0.3) is 0 Å². The predicted molar refractivity (Wildman–Crippen MR) is 95.4 cm³/mol. The van der Waals surface area contributed by atoms with Crippen molar-refractivity contribution in [2.45, 2.75) is 13.0 Å². The largest absolute Gasteiger partial charge is 0.504 e. The molecule has 24 heavy (non-hydrogen) atoms. The first-order chi connectivity index (χ1) is 11.5. The van der Waals surface area contributed by atoms with Crippen LogP contribution in [-0.4, -0.2) is 21.1 Å². The second-order valence-corrected chi connectivity index (χ2v) is 5.90. The monoisotopic (exact) mass is 340 g/mol. The molecule has 4 N–H and O–H groups in total. The molecule has 6 heteroatoms. The van der Waals surface area contributed by atoms with Crippen molar-refractivity contribution in [3.63, 3.8) is 0 Å². The van der Waals surface area contributed by atoms with Crippen molar-refractivity contribution in [1.82, 2.24) is 10.6 Å². The van der Waals surface area contributed by atoms with Crippen molar-refractivity contribution < 1.29 is 15.0 Å². The summed E-state index contributed by atoms with van der Waals surface area (Å²) < 4.78 is 0. The fourth-order valence-electron chi connectivity index (χ4n) is 2.75. The van der Waals surface area contributed by atoms with Gasteiger partial charge in [-0.3, -0.25) is 4.79 Å². The minimum Gasteiger partial charge on any atom is -0.504 e. The molecule has 1 heterocycles. The highest BCUT2D eigenvalue weighted by Crippen LogP contribution is 2.35. The number of thiocarbonyl (C=S) groups is 1. The standard InChI is InChI=1S/C18H16N2O3S/c1-10(21)15-16(11-5-3-2-4-6-11)19-18(24)20-17(15)12-7-8-13(22)14(23)9-12/h2-9,17,22-23H,1H3,(H2,19,20,24)/t17-/m1/s1. The van der Waals surface area contributed by atoms with Gasteiger partial charge in [0, 0.05) is 5.57 Å². The van der Waals surface area contributed by atoms with Gasteiger partial charge < -0.3 is 20.8 Å². The Balaban J connectivity index is 2.18. The Kier molecular flexibility index (Phi) is 4.22. The molecule has 0 bridgehead atoms. The minimum absolute atomic E-state index is 0.117. The van der Waals surface area contributed by atoms with Gasteiger partial charge in [0.1, 0.15) is 0 Å². The molecule has 0 aliphatic carbocycles. The molecular weight excluding hydrogens is 324 g/mol. The van der Waals surface area contributed by atoms with Gasteiger partial charge in [-0.2, -0.15) is 0 Å². The third-order valence-corrected chi connectivity index (χ3v) is 4.07. The van der Waals surface area contributed by atoms with E-state index < -0.39 is 6.04 Å². The third-order valence-electron chi connectivity index (χ3n) is 3.85. The summed E-state index contributed by atoms with van der Waals surface area (Å²) in [5.74, 6) is -0.580. The quantitative estimate of drug-likeness (QED) is 0.508. The number of aromatic hydroxyl groups is 2. The molecule has 0 spiro atoms. The van der Waals surface area contributed by atoms with Gasteiger partial charge in [0.2, 0.25) is 0 Å². The van der Waals surface area contributed by atoms with E-state index in [1.807, 2.05) is 30.3 Å². The molecule has 2 aromatic rings. The Morgan fingerprint density at radius 1 is 1.08 bits per heavy atom. The minimum atomic E-state index is -0.516. The molecule has 2 aromatic carbocycles. The second kappa shape index (κ2) is 6.33. The summed E-state index contributed by atoms with van der Waals surface area (Å²) in [4.78, 5) is 12.3. The van der Waals surface area contributed by atoms with Gasteiger partial charge in [-0.05, 0) is 42.4 Å². The first kappa shape index (κ1) is 16.0. The first-order valence-electron chi connectivity index (χ1n) is 7.37. The summed E-state index contributed by atoms with van der Waals surface area (Å²) in [6.07, 6.45) is 0. The fraction of sp³-hybridized carbons (Fsp3) is 0.111. The number of carbonyl (C=O) groups excluding carboxylic acids is 1. The molecule has 0 amide bonds. The van der Waals surface area contributed by atoms with Crippen LogP contribution in [0.25, 0.3) is 5.70 Å². The first-order valence-corrected chi connectivity index (χ1v) is 7.78. The Morgan fingerprint density at radius 3 is 2.42 bits per heavy atom. The van der Waals surface area contributed by atoms with Crippen LogP contribution in [-0.2, 0) is 4.79 Å². The van der Waals surface area contributed by atoms with Crippen molar-refractivity contribution in [2.24, 2.45) is 0 Å². The van der Waals surface area contributed by atoms with Gasteiger partial charge in [-0.15, -0.1) is 0 Å². The maximum Gasteiger partial charge on any atom is 0.171 e. The molecule has 0 saturated carbocycles. The predicted octanol–water partition coefficient (Wildman–Crippen LogP) is 2.62. The summed E-state index contributed by atoms with van der Waals surface area (Å²) >= 11 is 5.28. The summed E-state index contributed by atoms with van der Waals surface area (Å²) in [7, 11) is 0. The van der Waals surface area contributed by atoms with E-state index in [0.717, 1.165) is 5.56 Å². The highest BCUT2D eigenvalue weighted by atomic mass is 32.1. The zero-order valence-corrected chi connectivity index (χ0v) is 13.7. The highest BCUT2D eigenvalue weighted by Gasteiger charge is 2.30. The summed E-state index contributed by atoms with van der Waals surface area (Å²) in [6, 6.07) is 13.4. The molecule has 0 aromatic heterocycles. The maximum absolute atomic E-state index is 12.3. The van der Waals surface area contributed by atoms with Crippen LogP contribution in [0, 0.1) is 0 Å². The number of phenolic OH excluding ortho intramolecular Hbond substituents is 2. The number of hydrogen-bond acceptors (Lipinski definition) is 4. The lowest BCUT2D eigenvalue weighted by atomic mass is 9.90. The molecule has 0 saturated heterocycles. The Labute approximate surface area is 144 Å². The third kappa shape index (κ3) is 2.96. The zero-order chi connectivity index (χ0) is 17.3. The van der Waals surface area contributed by atoms with Crippen LogP contribution in [0.4, 0.5) is 0 Å². The molecule has 1 aliphatic heterocycles. The van der Waals surface area contributed by atoms with E-state index in [-0.39, 0.29) is 17.3 Å². The van der Waals surface area contributed by atoms with Crippen molar-refractivity contribution in [3.8, 4) is 11.5 Å². The molecule has 1 atom stereocenters. The van der Waals surface area contributed by atoms with Gasteiger partial charge >= 0.3 is 0 Å². The average Bonchev–Trinajstić information content (AvgIpc) is 2.57. The summed E-state index contributed by atoms with van der Waals surface area (Å²) in [5.41, 5.74) is 2.64. The lowest BCUT2D eigenvalue weighted by molar-refractivity contribution is -0.113. The van der Waals surface area contributed by atoms with Crippen LogP contribution < -0.4 is 10.6 Å². The van der Waals surface area contributed by atoms with Crippen LogP contribution in [0.3, 0.4) is 0 Å². The Bertz CT molecular complexity index is 847. The lowest BCUT2D eigenvalue weighted by Gasteiger charge is -2.31. The number of hydrogen-bond donors (Lipinski definition) is 4. The second-order valence-electron chi connectivity index (χ2n) is 5.49. The van der Waals surface area contributed by atoms with Crippen LogP contribution >= 0.6 is 12.2 Å². The van der Waals surface area contributed by atoms with Crippen molar-refractivity contribution in [3.05, 3.63) is 65.2 Å². The van der Waals surface area contributed by atoms with Crippen molar-refractivity contribution >= 4 is 28.8 Å². The highest BCUT2D eigenvalue weighted by molar-refractivity contribution is 7.80. The number of benzene rings is 2. The van der Waals surface area contributed by atoms with Crippen LogP contribution in [0.1, 0.15) is 24.1 Å². The molecule has 0 radical (unpaired) electrons. The van der Waals surface area contributed by atoms with E-state index in [4.69, 9.17) is 12.2 Å². The average molecular weight is 340 g/mol. The molecule has 3 rings (SSSR count). The number of carbonyl (C=O) groups is 1. The molecule has 0 unspecified atom stereocenters. The number of phenols is 2. The number of ketones is 1. The van der Waals surface area contributed by atoms with Crippen LogP contribution in [0.15, 0.2) is 54.1 Å². The molecule has 1 aliphatic rings. The smallest absolute Gasteiger partial charge is 0.171 e. The normalized spacial score (nSPS) is 17.2. The van der Waals surface area contributed by atoms with E-state index in [0.29, 0.717) is 21.9 Å². The van der Waals surface area contributed by atoms with Crippen molar-refractivity contribution in [2.75, 3.05) is 0 Å². The maximum atomic E-state index is 12.3. The topological polar surface area (TPSA) is 81.6 Å². The fourth-order valence-corrected chi connectivity index (χ4v) is 2.97. The zero-order valence-electron chi connectivity index (χ0n) is 12.9. The van der Waals surface area contributed by atoms with Crippen molar-refractivity contribution in [1.29, 1.82) is 0 Å². The van der Waals surface area contributed by atoms with Gasteiger partial charge in [0.05, 0.1) is 11.7 Å². The van der Waals surface area contributed by atoms with E-state index in [1.54, 1.807) is 6.07 Å². The van der Waals surface area contributed by atoms with Crippen LogP contribution in [0.5, 0.6) is 11.5 Å². The van der Waals surface area contributed by atoms with Gasteiger partial charge in [-0.25, -0.2) is 0 Å². The Morgan fingerprint density at radius 2 is 1.79 bits per heavy atom. The van der Waals surface area contributed by atoms with Crippen LogP contribution in [0.2, 0.25) is 0 Å². The summed E-state index contributed by atoms with van der Waals surface area (Å²) in [6.45, 7) is 1.49. The molecule has 122 valence electrons.